The van der Waals surface area contributed by atoms with Crippen molar-refractivity contribution in [3.05, 3.63) is 46.0 Å². The van der Waals surface area contributed by atoms with Crippen LogP contribution in [0.4, 0.5) is 0 Å². The van der Waals surface area contributed by atoms with Crippen molar-refractivity contribution >= 4 is 5.65 Å². The fourth-order valence-corrected chi connectivity index (χ4v) is 4.65. The molecule has 0 unspecified atom stereocenters. The highest BCUT2D eigenvalue weighted by Gasteiger charge is 2.36. The second-order valence-electron chi connectivity index (χ2n) is 7.80. The summed E-state index contributed by atoms with van der Waals surface area (Å²) in [6.07, 6.45) is 8.92. The molecule has 3 heterocycles. The predicted octanol–water partition coefficient (Wildman–Crippen LogP) is 2.52. The molecule has 0 amide bonds. The Morgan fingerprint density at radius 1 is 1.24 bits per heavy atom. The summed E-state index contributed by atoms with van der Waals surface area (Å²) in [6.45, 7) is 3.31. The maximum absolute atomic E-state index is 12.4. The van der Waals surface area contributed by atoms with Crippen molar-refractivity contribution in [3.63, 3.8) is 0 Å². The molecule has 0 aromatic carbocycles. The first-order valence-electron chi connectivity index (χ1n) is 9.51. The first kappa shape index (κ1) is 16.7. The lowest BCUT2D eigenvalue weighted by atomic mass is 9.82. The molecule has 5 heteroatoms. The summed E-state index contributed by atoms with van der Waals surface area (Å²) in [5, 5.41) is 10.2. The summed E-state index contributed by atoms with van der Waals surface area (Å²) in [4.78, 5) is 19.5. The van der Waals surface area contributed by atoms with E-state index in [4.69, 9.17) is 0 Å². The normalized spacial score (nSPS) is 25.7. The number of aliphatic hydroxyl groups is 1. The number of fused-ring (bicyclic) bond motifs is 1. The monoisotopic (exact) mass is 341 g/mol. The van der Waals surface area contributed by atoms with E-state index in [0.717, 1.165) is 17.7 Å². The number of pyridine rings is 1. The van der Waals surface area contributed by atoms with Gasteiger partial charge in [-0.25, -0.2) is 4.98 Å². The fourth-order valence-electron chi connectivity index (χ4n) is 4.65. The zero-order valence-electron chi connectivity index (χ0n) is 14.9. The van der Waals surface area contributed by atoms with Crippen molar-refractivity contribution in [1.82, 2.24) is 14.3 Å². The van der Waals surface area contributed by atoms with Gasteiger partial charge in [0.1, 0.15) is 5.65 Å². The van der Waals surface area contributed by atoms with Crippen molar-refractivity contribution in [2.75, 3.05) is 6.54 Å². The summed E-state index contributed by atoms with van der Waals surface area (Å²) < 4.78 is 1.61. The van der Waals surface area contributed by atoms with Gasteiger partial charge in [0.25, 0.3) is 5.56 Å². The molecule has 1 saturated carbocycles. The van der Waals surface area contributed by atoms with Gasteiger partial charge < -0.3 is 5.11 Å². The number of rotatable bonds is 3. The standard InChI is InChI=1S/C20H27N3O2/c1-14-7-8-19-21-16(9-20(25)23(19)11-14)12-22-13-17(24)10-18(22)15-5-3-2-4-6-15/h7-9,11,15,17-18,24H,2-6,10,12-13H2,1H3/t17-,18-/m0/s1. The van der Waals surface area contributed by atoms with Crippen LogP contribution in [0.1, 0.15) is 49.8 Å². The van der Waals surface area contributed by atoms with Crippen molar-refractivity contribution in [2.24, 2.45) is 5.92 Å². The van der Waals surface area contributed by atoms with Crippen LogP contribution in [-0.4, -0.2) is 38.1 Å². The third-order valence-electron chi connectivity index (χ3n) is 5.85. The Bertz CT molecular complexity index is 810. The molecule has 2 fully saturated rings. The quantitative estimate of drug-likeness (QED) is 0.932. The zero-order valence-corrected chi connectivity index (χ0v) is 14.9. The number of nitrogens with zero attached hydrogens (tertiary/aromatic N) is 3. The second kappa shape index (κ2) is 6.89. The number of aliphatic hydroxyl groups excluding tert-OH is 1. The van der Waals surface area contributed by atoms with Crippen LogP contribution in [0, 0.1) is 12.8 Å². The number of likely N-dealkylation sites (tertiary alicyclic amines) is 1. The molecule has 2 atom stereocenters. The molecule has 2 aromatic rings. The Hall–Kier alpha value is -1.72. The van der Waals surface area contributed by atoms with Crippen LogP contribution in [0.2, 0.25) is 0 Å². The number of hydrogen-bond donors (Lipinski definition) is 1. The molecular formula is C20H27N3O2. The van der Waals surface area contributed by atoms with E-state index in [1.807, 2.05) is 25.3 Å². The minimum absolute atomic E-state index is 0.0299. The lowest BCUT2D eigenvalue weighted by molar-refractivity contribution is 0.146. The third-order valence-corrected chi connectivity index (χ3v) is 5.85. The van der Waals surface area contributed by atoms with Gasteiger partial charge in [0.2, 0.25) is 0 Å². The lowest BCUT2D eigenvalue weighted by Crippen LogP contribution is -2.36. The first-order valence-corrected chi connectivity index (χ1v) is 9.51. The molecule has 1 saturated heterocycles. The summed E-state index contributed by atoms with van der Waals surface area (Å²) >= 11 is 0. The summed E-state index contributed by atoms with van der Waals surface area (Å²) in [5.41, 5.74) is 2.52. The van der Waals surface area contributed by atoms with Crippen LogP contribution < -0.4 is 5.56 Å². The maximum Gasteiger partial charge on any atom is 0.258 e. The average molecular weight is 341 g/mol. The van der Waals surface area contributed by atoms with Crippen molar-refractivity contribution < 1.29 is 5.11 Å². The maximum atomic E-state index is 12.4. The first-order chi connectivity index (χ1) is 12.1. The number of aromatic nitrogens is 2. The molecule has 5 nitrogen and oxygen atoms in total. The van der Waals surface area contributed by atoms with Gasteiger partial charge in [0, 0.05) is 31.4 Å². The van der Waals surface area contributed by atoms with E-state index in [-0.39, 0.29) is 11.7 Å². The van der Waals surface area contributed by atoms with Crippen molar-refractivity contribution in [2.45, 2.75) is 64.1 Å². The van der Waals surface area contributed by atoms with Crippen LogP contribution in [0.3, 0.4) is 0 Å². The molecule has 1 aliphatic heterocycles. The van der Waals surface area contributed by atoms with Gasteiger partial charge in [0.15, 0.2) is 0 Å². The molecule has 25 heavy (non-hydrogen) atoms. The average Bonchev–Trinajstić information content (AvgIpc) is 2.97. The molecule has 2 aliphatic rings. The highest BCUT2D eigenvalue weighted by atomic mass is 16.3. The highest BCUT2D eigenvalue weighted by Crippen LogP contribution is 2.35. The predicted molar refractivity (Wildman–Crippen MR) is 97.6 cm³/mol. The van der Waals surface area contributed by atoms with Gasteiger partial charge in [0.05, 0.1) is 11.8 Å². The van der Waals surface area contributed by atoms with Crippen LogP contribution in [0.15, 0.2) is 29.2 Å². The fraction of sp³-hybridized carbons (Fsp3) is 0.600. The SMILES string of the molecule is Cc1ccc2nc(CN3C[C@@H](O)C[C@H]3C3CCCCC3)cc(=O)n2c1. The van der Waals surface area contributed by atoms with Gasteiger partial charge in [-0.05, 0) is 43.7 Å². The summed E-state index contributed by atoms with van der Waals surface area (Å²) in [7, 11) is 0. The molecule has 0 radical (unpaired) electrons. The van der Waals surface area contributed by atoms with Crippen LogP contribution in [0.25, 0.3) is 5.65 Å². The van der Waals surface area contributed by atoms with Gasteiger partial charge in [-0.15, -0.1) is 0 Å². The molecule has 2 aromatic heterocycles. The van der Waals surface area contributed by atoms with Gasteiger partial charge in [-0.1, -0.05) is 25.3 Å². The number of aryl methyl sites for hydroxylation is 1. The lowest BCUT2D eigenvalue weighted by Gasteiger charge is -2.33. The molecule has 4 rings (SSSR count). The van der Waals surface area contributed by atoms with Crippen LogP contribution >= 0.6 is 0 Å². The van der Waals surface area contributed by atoms with E-state index in [9.17, 15) is 9.90 Å². The van der Waals surface area contributed by atoms with Gasteiger partial charge in [-0.3, -0.25) is 14.1 Å². The Morgan fingerprint density at radius 3 is 2.84 bits per heavy atom. The topological polar surface area (TPSA) is 57.8 Å². The zero-order chi connectivity index (χ0) is 17.4. The van der Waals surface area contributed by atoms with E-state index < -0.39 is 0 Å². The minimum Gasteiger partial charge on any atom is -0.392 e. The highest BCUT2D eigenvalue weighted by molar-refractivity contribution is 5.39. The van der Waals surface area contributed by atoms with E-state index in [1.54, 1.807) is 10.5 Å². The minimum atomic E-state index is -0.254. The molecule has 0 bridgehead atoms. The second-order valence-corrected chi connectivity index (χ2v) is 7.80. The van der Waals surface area contributed by atoms with E-state index in [1.165, 1.54) is 32.1 Å². The smallest absolute Gasteiger partial charge is 0.258 e. The Balaban J connectivity index is 1.58. The number of β-amino-alcohol motifs (C(OH)–C–C–N with tert-alkyl or cyclic N) is 1. The van der Waals surface area contributed by atoms with E-state index >= 15 is 0 Å². The van der Waals surface area contributed by atoms with Crippen molar-refractivity contribution in [1.29, 1.82) is 0 Å². The van der Waals surface area contributed by atoms with E-state index in [2.05, 4.69) is 9.88 Å². The molecule has 0 spiro atoms. The van der Waals surface area contributed by atoms with E-state index in [0.29, 0.717) is 30.7 Å². The summed E-state index contributed by atoms with van der Waals surface area (Å²) in [6, 6.07) is 5.96. The van der Waals surface area contributed by atoms with Crippen molar-refractivity contribution in [3.8, 4) is 0 Å². The molecular weight excluding hydrogens is 314 g/mol. The number of hydrogen-bond acceptors (Lipinski definition) is 4. The van der Waals surface area contributed by atoms with Crippen LogP contribution in [-0.2, 0) is 6.54 Å². The molecule has 1 aliphatic carbocycles. The Morgan fingerprint density at radius 2 is 2.04 bits per heavy atom. The third kappa shape index (κ3) is 3.48. The van der Waals surface area contributed by atoms with Gasteiger partial charge in [-0.2, -0.15) is 0 Å². The molecule has 1 N–H and O–H groups in total. The Kier molecular flexibility index (Phi) is 4.61. The summed E-state index contributed by atoms with van der Waals surface area (Å²) in [5.74, 6) is 0.676. The largest absolute Gasteiger partial charge is 0.392 e. The van der Waals surface area contributed by atoms with Crippen LogP contribution in [0.5, 0.6) is 0 Å². The molecule has 134 valence electrons. The van der Waals surface area contributed by atoms with Gasteiger partial charge >= 0.3 is 0 Å². The Labute approximate surface area is 148 Å².